The van der Waals surface area contributed by atoms with Crippen LogP contribution >= 0.6 is 23.2 Å². The SMILES string of the molecule is OC(C1Cc2cc(Cl)c(Cl)c(-c3ccnc4[nH]ccc34)c2O1)N1CCNCC1. The van der Waals surface area contributed by atoms with Crippen LogP contribution in [-0.4, -0.2) is 58.5 Å². The molecule has 3 N–H and O–H groups in total. The first-order chi connectivity index (χ1) is 13.6. The van der Waals surface area contributed by atoms with Crippen LogP contribution < -0.4 is 10.1 Å². The first-order valence-corrected chi connectivity index (χ1v) is 10.1. The third-order valence-electron chi connectivity index (χ3n) is 5.53. The van der Waals surface area contributed by atoms with E-state index < -0.39 is 6.23 Å². The molecule has 2 atom stereocenters. The number of nitrogens with zero attached hydrogens (tertiary/aromatic N) is 2. The van der Waals surface area contributed by atoms with Crippen LogP contribution in [0.5, 0.6) is 5.75 Å². The molecule has 1 aromatic carbocycles. The lowest BCUT2D eigenvalue weighted by atomic mass is 9.99. The van der Waals surface area contributed by atoms with Gasteiger partial charge in [0.2, 0.25) is 0 Å². The standard InChI is InChI=1S/C20H20Cl2N4O2/c21-14-9-11-10-15(20(27)26-7-5-23-6-8-26)28-18(11)16(17(14)22)12-1-3-24-19-13(12)2-4-25-19/h1-4,9,15,20,23,27H,5-8,10H2,(H,24,25). The van der Waals surface area contributed by atoms with Gasteiger partial charge in [0, 0.05) is 61.5 Å². The molecule has 0 spiro atoms. The minimum absolute atomic E-state index is 0.357. The van der Waals surface area contributed by atoms with Crippen LogP contribution in [-0.2, 0) is 6.42 Å². The van der Waals surface area contributed by atoms with Gasteiger partial charge in [-0.25, -0.2) is 4.98 Å². The van der Waals surface area contributed by atoms with Crippen molar-refractivity contribution in [2.45, 2.75) is 18.8 Å². The molecule has 0 saturated carbocycles. The molecular weight excluding hydrogens is 399 g/mol. The first kappa shape index (κ1) is 18.2. The molecule has 5 rings (SSSR count). The highest BCUT2D eigenvalue weighted by molar-refractivity contribution is 6.44. The molecule has 6 nitrogen and oxygen atoms in total. The summed E-state index contributed by atoms with van der Waals surface area (Å²) in [5.74, 6) is 0.697. The Bertz CT molecular complexity index is 1030. The van der Waals surface area contributed by atoms with E-state index in [1.54, 1.807) is 6.20 Å². The molecule has 2 aromatic heterocycles. The second-order valence-corrected chi connectivity index (χ2v) is 7.98. The van der Waals surface area contributed by atoms with E-state index in [1.165, 1.54) is 0 Å². The topological polar surface area (TPSA) is 73.4 Å². The van der Waals surface area contributed by atoms with Crippen LogP contribution in [0.2, 0.25) is 10.0 Å². The van der Waals surface area contributed by atoms with E-state index >= 15 is 0 Å². The lowest BCUT2D eigenvalue weighted by molar-refractivity contribution is -0.0692. The number of aliphatic hydroxyl groups is 1. The molecule has 1 fully saturated rings. The molecule has 8 heteroatoms. The second kappa shape index (κ2) is 7.21. The average molecular weight is 419 g/mol. The fourth-order valence-electron chi connectivity index (χ4n) is 4.13. The number of rotatable bonds is 3. The number of aromatic nitrogens is 2. The van der Waals surface area contributed by atoms with Gasteiger partial charge in [0.25, 0.3) is 0 Å². The highest BCUT2D eigenvalue weighted by Gasteiger charge is 2.36. The van der Waals surface area contributed by atoms with Crippen molar-refractivity contribution in [1.29, 1.82) is 0 Å². The Morgan fingerprint density at radius 3 is 2.89 bits per heavy atom. The number of ether oxygens (including phenoxy) is 1. The number of benzene rings is 1. The number of hydrogen-bond acceptors (Lipinski definition) is 5. The zero-order valence-electron chi connectivity index (χ0n) is 15.1. The van der Waals surface area contributed by atoms with Crippen molar-refractivity contribution in [2.75, 3.05) is 26.2 Å². The van der Waals surface area contributed by atoms with E-state index in [9.17, 15) is 5.11 Å². The average Bonchev–Trinajstić information content (AvgIpc) is 3.36. The predicted molar refractivity (Wildman–Crippen MR) is 110 cm³/mol. The number of H-pyrrole nitrogens is 1. The molecule has 0 radical (unpaired) electrons. The normalized spacial score (nSPS) is 20.9. The summed E-state index contributed by atoms with van der Waals surface area (Å²) < 4.78 is 6.28. The molecule has 146 valence electrons. The minimum Gasteiger partial charge on any atom is -0.485 e. The second-order valence-electron chi connectivity index (χ2n) is 7.19. The molecule has 0 aliphatic carbocycles. The van der Waals surface area contributed by atoms with Crippen molar-refractivity contribution < 1.29 is 9.84 Å². The molecule has 0 bridgehead atoms. The Balaban J connectivity index is 1.56. The first-order valence-electron chi connectivity index (χ1n) is 9.36. The Hall–Kier alpha value is -1.83. The van der Waals surface area contributed by atoms with Crippen LogP contribution in [0.4, 0.5) is 0 Å². The molecule has 4 heterocycles. The summed E-state index contributed by atoms with van der Waals surface area (Å²) >= 11 is 13.1. The number of fused-ring (bicyclic) bond motifs is 2. The highest BCUT2D eigenvalue weighted by Crippen LogP contribution is 2.48. The predicted octanol–water partition coefficient (Wildman–Crippen LogP) is 3.06. The van der Waals surface area contributed by atoms with Crippen LogP contribution in [0.15, 0.2) is 30.6 Å². The van der Waals surface area contributed by atoms with Gasteiger partial charge < -0.3 is 20.1 Å². The van der Waals surface area contributed by atoms with Gasteiger partial charge in [-0.05, 0) is 23.8 Å². The Kier molecular flexibility index (Phi) is 4.69. The van der Waals surface area contributed by atoms with E-state index in [0.29, 0.717) is 22.2 Å². The summed E-state index contributed by atoms with van der Waals surface area (Å²) in [4.78, 5) is 9.52. The maximum absolute atomic E-state index is 10.9. The van der Waals surface area contributed by atoms with Crippen molar-refractivity contribution in [2.24, 2.45) is 0 Å². The molecule has 0 amide bonds. The number of hydrogen-bond donors (Lipinski definition) is 3. The van der Waals surface area contributed by atoms with Gasteiger partial charge in [-0.2, -0.15) is 0 Å². The summed E-state index contributed by atoms with van der Waals surface area (Å²) in [6.45, 7) is 3.31. The maximum atomic E-state index is 10.9. The van der Waals surface area contributed by atoms with Gasteiger partial charge in [-0.15, -0.1) is 0 Å². The van der Waals surface area contributed by atoms with Crippen molar-refractivity contribution in [1.82, 2.24) is 20.2 Å². The van der Waals surface area contributed by atoms with Gasteiger partial charge >= 0.3 is 0 Å². The third kappa shape index (κ3) is 2.96. The summed E-state index contributed by atoms with van der Waals surface area (Å²) in [5, 5.41) is 16.1. The number of nitrogens with one attached hydrogen (secondary N) is 2. The van der Waals surface area contributed by atoms with E-state index in [2.05, 4.69) is 15.3 Å². The van der Waals surface area contributed by atoms with Crippen LogP contribution in [0.3, 0.4) is 0 Å². The maximum Gasteiger partial charge on any atom is 0.145 e. The van der Waals surface area contributed by atoms with Crippen molar-refractivity contribution in [3.05, 3.63) is 46.2 Å². The Morgan fingerprint density at radius 1 is 1.25 bits per heavy atom. The van der Waals surface area contributed by atoms with Gasteiger partial charge in [0.1, 0.15) is 23.7 Å². The Morgan fingerprint density at radius 2 is 2.07 bits per heavy atom. The lowest BCUT2D eigenvalue weighted by Crippen LogP contribution is -2.53. The molecule has 3 aromatic rings. The number of aliphatic hydroxyl groups excluding tert-OH is 1. The van der Waals surface area contributed by atoms with Crippen LogP contribution in [0.25, 0.3) is 22.2 Å². The zero-order chi connectivity index (χ0) is 19.3. The van der Waals surface area contributed by atoms with Crippen molar-refractivity contribution in [3.8, 4) is 16.9 Å². The van der Waals surface area contributed by atoms with E-state index in [0.717, 1.165) is 53.9 Å². The van der Waals surface area contributed by atoms with E-state index in [1.807, 2.05) is 29.3 Å². The quantitative estimate of drug-likeness (QED) is 0.609. The van der Waals surface area contributed by atoms with Gasteiger partial charge in [0.15, 0.2) is 0 Å². The fourth-order valence-corrected chi connectivity index (χ4v) is 4.59. The van der Waals surface area contributed by atoms with Gasteiger partial charge in [-0.1, -0.05) is 23.2 Å². The molecular formula is C20H20Cl2N4O2. The molecule has 28 heavy (non-hydrogen) atoms. The zero-order valence-corrected chi connectivity index (χ0v) is 16.6. The van der Waals surface area contributed by atoms with E-state index in [4.69, 9.17) is 27.9 Å². The molecule has 2 unspecified atom stereocenters. The number of piperazine rings is 1. The minimum atomic E-state index is -0.676. The van der Waals surface area contributed by atoms with Crippen molar-refractivity contribution >= 4 is 34.2 Å². The van der Waals surface area contributed by atoms with Gasteiger partial charge in [0.05, 0.1) is 10.0 Å². The number of pyridine rings is 1. The number of halogens is 2. The molecule has 2 aliphatic heterocycles. The fraction of sp³-hybridized carbons (Fsp3) is 0.350. The summed E-state index contributed by atoms with van der Waals surface area (Å²) in [6, 6.07) is 5.73. The summed E-state index contributed by atoms with van der Waals surface area (Å²) in [6.07, 6.45) is 3.14. The van der Waals surface area contributed by atoms with E-state index in [-0.39, 0.29) is 6.10 Å². The molecule has 1 saturated heterocycles. The summed E-state index contributed by atoms with van der Waals surface area (Å²) in [7, 11) is 0. The molecule has 2 aliphatic rings. The van der Waals surface area contributed by atoms with Crippen LogP contribution in [0, 0.1) is 0 Å². The van der Waals surface area contributed by atoms with Gasteiger partial charge in [-0.3, -0.25) is 4.90 Å². The lowest BCUT2D eigenvalue weighted by Gasteiger charge is -2.34. The van der Waals surface area contributed by atoms with Crippen LogP contribution in [0.1, 0.15) is 5.56 Å². The Labute approximate surface area is 172 Å². The smallest absolute Gasteiger partial charge is 0.145 e. The third-order valence-corrected chi connectivity index (χ3v) is 6.31. The largest absolute Gasteiger partial charge is 0.485 e. The number of aromatic amines is 1. The van der Waals surface area contributed by atoms with Crippen molar-refractivity contribution in [3.63, 3.8) is 0 Å². The monoisotopic (exact) mass is 418 g/mol. The summed E-state index contributed by atoms with van der Waals surface area (Å²) in [5.41, 5.74) is 3.40. The highest BCUT2D eigenvalue weighted by atomic mass is 35.5.